The first kappa shape index (κ1) is 32.5. The number of benzene rings is 2. The van der Waals surface area contributed by atoms with Crippen LogP contribution in [0.3, 0.4) is 0 Å². The predicted octanol–water partition coefficient (Wildman–Crippen LogP) is 4.90. The maximum atomic E-state index is 13.2. The Hall–Kier alpha value is -3.02. The highest BCUT2D eigenvalue weighted by molar-refractivity contribution is 7.89. The van der Waals surface area contributed by atoms with E-state index in [1.54, 1.807) is 18.5 Å². The van der Waals surface area contributed by atoms with Crippen LogP contribution in [-0.2, 0) is 14.8 Å². The molecule has 11 heteroatoms. The molecule has 0 aliphatic carbocycles. The van der Waals surface area contributed by atoms with Crippen molar-refractivity contribution in [2.24, 2.45) is 0 Å². The Morgan fingerprint density at radius 2 is 1.68 bits per heavy atom. The van der Waals surface area contributed by atoms with Crippen molar-refractivity contribution in [3.05, 3.63) is 47.5 Å². The number of carbonyl (C=O) groups is 1. The molecule has 2 atom stereocenters. The largest absolute Gasteiger partial charge is 0.493 e. The quantitative estimate of drug-likeness (QED) is 0.242. The van der Waals surface area contributed by atoms with Crippen LogP contribution in [0.5, 0.6) is 23.0 Å². The lowest BCUT2D eigenvalue weighted by Crippen LogP contribution is -2.40. The zero-order valence-electron chi connectivity index (χ0n) is 24.6. The van der Waals surface area contributed by atoms with Gasteiger partial charge in [-0.05, 0) is 60.6 Å². The van der Waals surface area contributed by atoms with Crippen molar-refractivity contribution in [2.75, 3.05) is 52.9 Å². The molecule has 2 heterocycles. The molecule has 2 aliphatic rings. The molecule has 1 unspecified atom stereocenters. The summed E-state index contributed by atoms with van der Waals surface area (Å²) >= 11 is 0. The zero-order valence-corrected chi connectivity index (χ0v) is 25.4. The van der Waals surface area contributed by atoms with Gasteiger partial charge in [0.05, 0.1) is 20.0 Å². The second kappa shape index (κ2) is 15.8. The third-order valence-corrected chi connectivity index (χ3v) is 9.53. The van der Waals surface area contributed by atoms with Gasteiger partial charge in [-0.15, -0.1) is 0 Å². The first-order chi connectivity index (χ1) is 19.8. The fraction of sp³-hybridized carbons (Fsp3) is 0.567. The third kappa shape index (κ3) is 8.50. The number of ether oxygens (including phenoxy) is 4. The number of hydrogen-bond donors (Lipinski definition) is 1. The van der Waals surface area contributed by atoms with E-state index in [0.717, 1.165) is 49.3 Å². The molecular formula is C30H44N2O8S. The third-order valence-electron chi connectivity index (χ3n) is 7.57. The van der Waals surface area contributed by atoms with Crippen LogP contribution >= 0.6 is 0 Å². The molecule has 10 nitrogen and oxygen atoms in total. The fourth-order valence-electron chi connectivity index (χ4n) is 5.51. The fourth-order valence-corrected chi connectivity index (χ4v) is 7.16. The van der Waals surface area contributed by atoms with Crippen LogP contribution in [0.25, 0.3) is 0 Å². The van der Waals surface area contributed by atoms with Crippen LogP contribution in [0, 0.1) is 0 Å². The van der Waals surface area contributed by atoms with E-state index in [1.807, 2.05) is 25.1 Å². The van der Waals surface area contributed by atoms with Crippen LogP contribution < -0.4 is 18.9 Å². The van der Waals surface area contributed by atoms with Crippen molar-refractivity contribution in [1.29, 1.82) is 0 Å². The maximum Gasteiger partial charge on any atom is 0.290 e. The number of fused-ring (bicyclic) bond motifs is 1. The van der Waals surface area contributed by atoms with Gasteiger partial charge in [-0.2, -0.15) is 0 Å². The molecule has 0 amide bonds. The minimum Gasteiger partial charge on any atom is -0.493 e. The van der Waals surface area contributed by atoms with Crippen molar-refractivity contribution < 1.29 is 37.3 Å². The molecule has 1 saturated heterocycles. The number of likely N-dealkylation sites (tertiary alicyclic amines) is 1. The van der Waals surface area contributed by atoms with E-state index < -0.39 is 10.0 Å². The molecule has 1 fully saturated rings. The normalized spacial score (nSPS) is 18.2. The Balaban J connectivity index is 0.00000147. The summed E-state index contributed by atoms with van der Waals surface area (Å²) in [6, 6.07) is 12.4. The highest BCUT2D eigenvalue weighted by Gasteiger charge is 2.35. The smallest absolute Gasteiger partial charge is 0.290 e. The molecule has 0 aromatic heterocycles. The van der Waals surface area contributed by atoms with Gasteiger partial charge < -0.3 is 24.1 Å². The van der Waals surface area contributed by atoms with Gasteiger partial charge in [0, 0.05) is 32.2 Å². The van der Waals surface area contributed by atoms with E-state index in [2.05, 4.69) is 30.0 Å². The number of hydrogen-bond acceptors (Lipinski definition) is 8. The van der Waals surface area contributed by atoms with E-state index in [-0.39, 0.29) is 31.0 Å². The van der Waals surface area contributed by atoms with Crippen molar-refractivity contribution in [3.63, 3.8) is 0 Å². The summed E-state index contributed by atoms with van der Waals surface area (Å²) in [6.45, 7) is 6.65. The maximum absolute atomic E-state index is 13.2. The Bertz CT molecular complexity index is 1220. The number of methoxy groups -OCH3 is 2. The minimum absolute atomic E-state index is 0.122. The summed E-state index contributed by atoms with van der Waals surface area (Å²) in [7, 11) is 0.00248. The van der Waals surface area contributed by atoms with Crippen LogP contribution in [0.1, 0.15) is 69.0 Å². The van der Waals surface area contributed by atoms with Gasteiger partial charge in [0.1, 0.15) is 0 Å². The van der Waals surface area contributed by atoms with E-state index in [9.17, 15) is 8.42 Å². The van der Waals surface area contributed by atoms with Crippen molar-refractivity contribution >= 4 is 16.5 Å². The van der Waals surface area contributed by atoms with Crippen molar-refractivity contribution in [1.82, 2.24) is 9.21 Å². The van der Waals surface area contributed by atoms with Crippen LogP contribution in [0.2, 0.25) is 0 Å². The molecule has 2 aromatic rings. The lowest BCUT2D eigenvalue weighted by molar-refractivity contribution is -0.122. The number of rotatable bonds is 14. The molecule has 0 spiro atoms. The second-order valence-corrected chi connectivity index (χ2v) is 12.3. The van der Waals surface area contributed by atoms with Crippen molar-refractivity contribution in [3.8, 4) is 23.0 Å². The molecule has 41 heavy (non-hydrogen) atoms. The van der Waals surface area contributed by atoms with Gasteiger partial charge in [-0.25, -0.2) is 12.7 Å². The van der Waals surface area contributed by atoms with Crippen molar-refractivity contribution in [2.45, 2.75) is 57.9 Å². The summed E-state index contributed by atoms with van der Waals surface area (Å²) < 4.78 is 50.2. The summed E-state index contributed by atoms with van der Waals surface area (Å²) in [4.78, 5) is 10.8. The number of carboxylic acid groups (broad SMARTS) is 1. The Morgan fingerprint density at radius 1 is 0.976 bits per heavy atom. The van der Waals surface area contributed by atoms with Gasteiger partial charge >= 0.3 is 0 Å². The lowest BCUT2D eigenvalue weighted by atomic mass is 9.93. The standard InChI is InChI=1S/C29H42N2O6S.CH2O2/c1-5-7-8-16-38(32,33)31(13-6-2)15-14-30-20-24(22-9-12-27-29(18-22)37-21-36-27)17-25(30)23-10-11-26(34-3)28(19-23)35-4;2-1-3/h9-12,18-19,24-25H,5-8,13-17,20-21H2,1-4H3;1H,(H,2,3)/t24?,25-;/m1./s1. The van der Waals surface area contributed by atoms with E-state index >= 15 is 0 Å². The average molecular weight is 593 g/mol. The zero-order chi connectivity index (χ0) is 29.8. The number of nitrogens with zero attached hydrogens (tertiary/aromatic N) is 2. The molecule has 0 saturated carbocycles. The Morgan fingerprint density at radius 3 is 2.37 bits per heavy atom. The molecule has 0 radical (unpaired) electrons. The topological polar surface area (TPSA) is 115 Å². The molecule has 228 valence electrons. The minimum atomic E-state index is -3.28. The molecule has 2 aliphatic heterocycles. The lowest BCUT2D eigenvalue weighted by Gasteiger charge is -2.29. The molecule has 1 N–H and O–H groups in total. The van der Waals surface area contributed by atoms with Gasteiger partial charge in [-0.1, -0.05) is 38.8 Å². The first-order valence-corrected chi connectivity index (χ1v) is 15.8. The number of unbranched alkanes of at least 4 members (excludes halogenated alkanes) is 2. The first-order valence-electron chi connectivity index (χ1n) is 14.2. The Labute approximate surface area is 244 Å². The van der Waals surface area contributed by atoms with Crippen LogP contribution in [0.15, 0.2) is 36.4 Å². The van der Waals surface area contributed by atoms with Crippen LogP contribution in [0.4, 0.5) is 0 Å². The van der Waals surface area contributed by atoms with E-state index in [0.29, 0.717) is 37.6 Å². The predicted molar refractivity (Wildman–Crippen MR) is 158 cm³/mol. The SMILES string of the molecule is CCCCCS(=O)(=O)N(CCC)CCN1CC(c2ccc3c(c2)OCO3)C[C@@H]1c1ccc(OC)c(OC)c1.O=CO. The van der Waals surface area contributed by atoms with E-state index in [4.69, 9.17) is 28.8 Å². The highest BCUT2D eigenvalue weighted by Crippen LogP contribution is 2.44. The summed E-state index contributed by atoms with van der Waals surface area (Å²) in [6.07, 6.45) is 4.36. The molecule has 2 aromatic carbocycles. The summed E-state index contributed by atoms with van der Waals surface area (Å²) in [5.74, 6) is 3.46. The van der Waals surface area contributed by atoms with Gasteiger partial charge in [0.2, 0.25) is 16.8 Å². The molecular weight excluding hydrogens is 548 g/mol. The second-order valence-electron chi connectivity index (χ2n) is 10.2. The van der Waals surface area contributed by atoms with Gasteiger partial charge in [-0.3, -0.25) is 9.69 Å². The number of sulfonamides is 1. The Kier molecular flexibility index (Phi) is 12.6. The van der Waals surface area contributed by atoms with E-state index in [1.165, 1.54) is 5.56 Å². The molecule has 0 bridgehead atoms. The van der Waals surface area contributed by atoms with Crippen LogP contribution in [-0.4, -0.2) is 82.1 Å². The van der Waals surface area contributed by atoms with Gasteiger partial charge in [0.25, 0.3) is 6.47 Å². The van der Waals surface area contributed by atoms with Gasteiger partial charge in [0.15, 0.2) is 23.0 Å². The summed E-state index contributed by atoms with van der Waals surface area (Å²) in [5, 5.41) is 6.89. The highest BCUT2D eigenvalue weighted by atomic mass is 32.2. The monoisotopic (exact) mass is 592 g/mol. The average Bonchev–Trinajstić information content (AvgIpc) is 3.62. The molecule has 4 rings (SSSR count). The summed E-state index contributed by atoms with van der Waals surface area (Å²) in [5.41, 5.74) is 2.35.